The van der Waals surface area contributed by atoms with Crippen LogP contribution in [-0.4, -0.2) is 28.1 Å². The Morgan fingerprint density at radius 3 is 2.92 bits per heavy atom. The summed E-state index contributed by atoms with van der Waals surface area (Å²) < 4.78 is 5.70. The van der Waals surface area contributed by atoms with Gasteiger partial charge in [-0.2, -0.15) is 0 Å². The summed E-state index contributed by atoms with van der Waals surface area (Å²) in [4.78, 5) is 22.0. The van der Waals surface area contributed by atoms with Gasteiger partial charge in [-0.3, -0.25) is 10.1 Å². The summed E-state index contributed by atoms with van der Waals surface area (Å²) in [7, 11) is 0. The normalized spacial score (nSPS) is 20.2. The molecule has 0 aliphatic carbocycles. The number of pyridine rings is 1. The third-order valence-corrected chi connectivity index (χ3v) is 5.82. The number of ether oxygens (including phenoxy) is 1. The molecule has 1 aliphatic heterocycles. The summed E-state index contributed by atoms with van der Waals surface area (Å²) in [6, 6.07) is 7.91. The van der Waals surface area contributed by atoms with Crippen molar-refractivity contribution in [3.05, 3.63) is 41.8 Å². The molecule has 4 rings (SSSR count). The molecule has 1 N–H and O–H groups in total. The lowest BCUT2D eigenvalue weighted by Crippen LogP contribution is -2.44. The molecular weight excluding hydrogens is 370 g/mol. The van der Waals surface area contributed by atoms with Crippen molar-refractivity contribution in [2.45, 2.75) is 31.8 Å². The molecule has 1 aliphatic rings. The Bertz CT molecular complexity index is 966. The lowest BCUT2D eigenvalue weighted by molar-refractivity contribution is -0.144. The molecule has 5 nitrogen and oxygen atoms in total. The molecular formula is C19H18ClN3O2S. The van der Waals surface area contributed by atoms with E-state index in [1.807, 2.05) is 31.2 Å². The van der Waals surface area contributed by atoms with Crippen molar-refractivity contribution in [1.82, 2.24) is 9.97 Å². The first-order valence-corrected chi connectivity index (χ1v) is 9.70. The van der Waals surface area contributed by atoms with Gasteiger partial charge in [-0.05, 0) is 49.3 Å². The molecule has 1 aromatic carbocycles. The predicted octanol–water partition coefficient (Wildman–Crippen LogP) is 4.91. The molecule has 3 heterocycles. The van der Waals surface area contributed by atoms with E-state index in [9.17, 15) is 4.79 Å². The Hall–Kier alpha value is -2.02. The smallest absolute Gasteiger partial charge is 0.258 e. The third-order valence-electron chi connectivity index (χ3n) is 4.65. The maximum Gasteiger partial charge on any atom is 0.258 e. The number of anilines is 1. The zero-order valence-electron chi connectivity index (χ0n) is 14.3. The van der Waals surface area contributed by atoms with Crippen LogP contribution in [0, 0.1) is 0 Å². The monoisotopic (exact) mass is 387 g/mol. The minimum absolute atomic E-state index is 0.130. The summed E-state index contributed by atoms with van der Waals surface area (Å²) >= 11 is 7.43. The second-order valence-corrected chi connectivity index (χ2v) is 8.01. The molecule has 7 heteroatoms. The first kappa shape index (κ1) is 17.4. The fourth-order valence-corrected chi connectivity index (χ4v) is 4.05. The Labute approximate surface area is 160 Å². The molecule has 0 radical (unpaired) electrons. The van der Waals surface area contributed by atoms with Gasteiger partial charge in [0, 0.05) is 24.4 Å². The molecule has 3 aromatic rings. The summed E-state index contributed by atoms with van der Waals surface area (Å²) in [5, 5.41) is 5.99. The summed E-state index contributed by atoms with van der Waals surface area (Å²) in [5.41, 5.74) is 0.259. The van der Waals surface area contributed by atoms with Gasteiger partial charge in [0.1, 0.15) is 10.8 Å². The number of nitrogens with one attached hydrogen (secondary N) is 1. The van der Waals surface area contributed by atoms with Crippen molar-refractivity contribution in [2.24, 2.45) is 0 Å². The van der Waals surface area contributed by atoms with Gasteiger partial charge >= 0.3 is 0 Å². The van der Waals surface area contributed by atoms with Crippen LogP contribution in [0.4, 0.5) is 5.13 Å². The molecule has 1 amide bonds. The Morgan fingerprint density at radius 2 is 2.12 bits per heavy atom. The zero-order chi connectivity index (χ0) is 18.1. The number of aromatic nitrogens is 2. The highest BCUT2D eigenvalue weighted by Crippen LogP contribution is 2.33. The van der Waals surface area contributed by atoms with Crippen LogP contribution in [0.5, 0.6) is 0 Å². The average Bonchev–Trinajstić information content (AvgIpc) is 3.10. The molecule has 1 unspecified atom stereocenters. The second kappa shape index (κ2) is 6.95. The number of hydrogen-bond donors (Lipinski definition) is 1. The number of thiazole rings is 1. The van der Waals surface area contributed by atoms with Gasteiger partial charge in [0.25, 0.3) is 5.91 Å². The van der Waals surface area contributed by atoms with Crippen molar-refractivity contribution in [2.75, 3.05) is 11.9 Å². The highest BCUT2D eigenvalue weighted by molar-refractivity contribution is 7.19. The van der Waals surface area contributed by atoms with E-state index >= 15 is 0 Å². The SMILES string of the molecule is CC1(C(=O)Nc2ncc(-c3ccc4cnc(Cl)cc4c3)s2)CCCCO1. The van der Waals surface area contributed by atoms with E-state index in [-0.39, 0.29) is 5.91 Å². The number of fused-ring (bicyclic) bond motifs is 1. The van der Waals surface area contributed by atoms with Crippen molar-refractivity contribution in [3.8, 4) is 10.4 Å². The van der Waals surface area contributed by atoms with E-state index < -0.39 is 5.60 Å². The van der Waals surface area contributed by atoms with E-state index in [0.717, 1.165) is 40.5 Å². The average molecular weight is 388 g/mol. The number of nitrogens with zero attached hydrogens (tertiary/aromatic N) is 2. The van der Waals surface area contributed by atoms with Crippen LogP contribution in [0.1, 0.15) is 26.2 Å². The van der Waals surface area contributed by atoms with Gasteiger partial charge in [-0.1, -0.05) is 35.1 Å². The topological polar surface area (TPSA) is 64.1 Å². The first-order valence-electron chi connectivity index (χ1n) is 8.50. The number of benzene rings is 1. The number of carbonyl (C=O) groups excluding carboxylic acids is 1. The number of carbonyl (C=O) groups is 1. The van der Waals surface area contributed by atoms with Crippen LogP contribution in [0.25, 0.3) is 21.2 Å². The Kier molecular flexibility index (Phi) is 4.65. The van der Waals surface area contributed by atoms with Gasteiger partial charge in [-0.25, -0.2) is 9.97 Å². The number of amides is 1. The van der Waals surface area contributed by atoms with Crippen LogP contribution in [0.15, 0.2) is 36.7 Å². The summed E-state index contributed by atoms with van der Waals surface area (Å²) in [5.74, 6) is -0.130. The van der Waals surface area contributed by atoms with Crippen LogP contribution in [0.3, 0.4) is 0 Å². The third kappa shape index (κ3) is 3.45. The minimum Gasteiger partial charge on any atom is -0.365 e. The molecule has 0 spiro atoms. The van der Waals surface area contributed by atoms with Crippen molar-refractivity contribution in [3.63, 3.8) is 0 Å². The molecule has 2 aromatic heterocycles. The Balaban J connectivity index is 1.55. The fraction of sp³-hybridized carbons (Fsp3) is 0.316. The van der Waals surface area contributed by atoms with E-state index in [2.05, 4.69) is 15.3 Å². The molecule has 1 fully saturated rings. The number of halogens is 1. The van der Waals surface area contributed by atoms with Gasteiger partial charge in [0.15, 0.2) is 5.13 Å². The summed E-state index contributed by atoms with van der Waals surface area (Å²) in [6.45, 7) is 2.47. The minimum atomic E-state index is -0.767. The molecule has 134 valence electrons. The molecule has 0 bridgehead atoms. The van der Waals surface area contributed by atoms with Gasteiger partial charge < -0.3 is 4.74 Å². The zero-order valence-corrected chi connectivity index (χ0v) is 15.9. The first-order chi connectivity index (χ1) is 12.5. The van der Waals surface area contributed by atoms with E-state index in [0.29, 0.717) is 16.9 Å². The van der Waals surface area contributed by atoms with Crippen molar-refractivity contribution >= 4 is 44.7 Å². The second-order valence-electron chi connectivity index (χ2n) is 6.59. The highest BCUT2D eigenvalue weighted by Gasteiger charge is 2.36. The van der Waals surface area contributed by atoms with E-state index in [4.69, 9.17) is 16.3 Å². The maximum absolute atomic E-state index is 12.6. The Morgan fingerprint density at radius 1 is 1.23 bits per heavy atom. The highest BCUT2D eigenvalue weighted by atomic mass is 35.5. The number of rotatable bonds is 3. The van der Waals surface area contributed by atoms with Crippen molar-refractivity contribution in [1.29, 1.82) is 0 Å². The molecule has 0 saturated carbocycles. The van der Waals surface area contributed by atoms with E-state index in [1.54, 1.807) is 12.4 Å². The fourth-order valence-electron chi connectivity index (χ4n) is 3.08. The quantitative estimate of drug-likeness (QED) is 0.648. The maximum atomic E-state index is 12.6. The number of hydrogen-bond acceptors (Lipinski definition) is 5. The lowest BCUT2D eigenvalue weighted by atomic mass is 9.95. The molecule has 1 atom stereocenters. The van der Waals surface area contributed by atoms with E-state index in [1.165, 1.54) is 11.3 Å². The standard InChI is InChI=1S/C19H18ClN3O2S/c1-19(6-2-3-7-25-19)17(24)23-18-22-11-15(26-18)12-4-5-13-10-21-16(20)9-14(13)8-12/h4-5,8-11H,2-3,6-7H2,1H3,(H,22,23,24). The van der Waals surface area contributed by atoms with Crippen LogP contribution in [-0.2, 0) is 9.53 Å². The lowest BCUT2D eigenvalue weighted by Gasteiger charge is -2.31. The largest absolute Gasteiger partial charge is 0.365 e. The molecule has 26 heavy (non-hydrogen) atoms. The van der Waals surface area contributed by atoms with Crippen LogP contribution >= 0.6 is 22.9 Å². The van der Waals surface area contributed by atoms with Gasteiger partial charge in [0.05, 0.1) is 4.88 Å². The summed E-state index contributed by atoms with van der Waals surface area (Å²) in [6.07, 6.45) is 6.27. The predicted molar refractivity (Wildman–Crippen MR) is 105 cm³/mol. The van der Waals surface area contributed by atoms with Crippen LogP contribution in [0.2, 0.25) is 5.15 Å². The molecule has 1 saturated heterocycles. The van der Waals surface area contributed by atoms with Gasteiger partial charge in [-0.15, -0.1) is 0 Å². The van der Waals surface area contributed by atoms with Crippen molar-refractivity contribution < 1.29 is 9.53 Å². The van der Waals surface area contributed by atoms with Crippen LogP contribution < -0.4 is 5.32 Å². The van der Waals surface area contributed by atoms with Gasteiger partial charge in [0.2, 0.25) is 0 Å².